The monoisotopic (exact) mass is 604 g/mol. The summed E-state index contributed by atoms with van der Waals surface area (Å²) in [6.45, 7) is 4.99. The average Bonchev–Trinajstić information content (AvgIpc) is 3.32. The number of ether oxygens (including phenoxy) is 4. The van der Waals surface area contributed by atoms with Crippen LogP contribution >= 0.6 is 22.9 Å². The molecule has 216 valence electrons. The Balaban J connectivity index is 1.57. The lowest BCUT2D eigenvalue weighted by Gasteiger charge is -2.23. The molecule has 4 aromatic rings. The van der Waals surface area contributed by atoms with E-state index in [0.717, 1.165) is 11.1 Å². The predicted octanol–water partition coefficient (Wildman–Crippen LogP) is 5.05. The number of hydrogen-bond acceptors (Lipinski definition) is 8. The molecule has 1 aliphatic rings. The minimum Gasteiger partial charge on any atom is -0.490 e. The van der Waals surface area contributed by atoms with Gasteiger partial charge in [-0.15, -0.1) is 0 Å². The first kappa shape index (κ1) is 29.2. The Bertz CT molecular complexity index is 1810. The number of carbonyl (C=O) groups is 1. The predicted molar refractivity (Wildman–Crippen MR) is 162 cm³/mol. The summed E-state index contributed by atoms with van der Waals surface area (Å²) >= 11 is 7.23. The zero-order valence-electron chi connectivity index (χ0n) is 23.3. The lowest BCUT2D eigenvalue weighted by atomic mass is 9.97. The Labute approximate surface area is 251 Å². The van der Waals surface area contributed by atoms with E-state index in [-0.39, 0.29) is 11.1 Å². The van der Waals surface area contributed by atoms with Crippen LogP contribution in [0.1, 0.15) is 36.6 Å². The van der Waals surface area contributed by atoms with Crippen molar-refractivity contribution >= 4 is 35.0 Å². The quantitative estimate of drug-likeness (QED) is 0.236. The van der Waals surface area contributed by atoms with Gasteiger partial charge in [0.25, 0.3) is 5.56 Å². The van der Waals surface area contributed by atoms with Crippen LogP contribution in [0.4, 0.5) is 0 Å². The first-order valence-electron chi connectivity index (χ1n) is 13.4. The molecule has 8 nitrogen and oxygen atoms in total. The molecule has 1 atom stereocenters. The van der Waals surface area contributed by atoms with E-state index in [1.54, 1.807) is 18.2 Å². The van der Waals surface area contributed by atoms with Crippen molar-refractivity contribution in [2.45, 2.75) is 26.5 Å². The van der Waals surface area contributed by atoms with Gasteiger partial charge in [0.1, 0.15) is 12.4 Å². The summed E-state index contributed by atoms with van der Waals surface area (Å²) < 4.78 is 24.7. The van der Waals surface area contributed by atoms with Crippen LogP contribution in [-0.2, 0) is 16.1 Å². The van der Waals surface area contributed by atoms with Gasteiger partial charge in [0, 0.05) is 16.8 Å². The minimum absolute atomic E-state index is 0.231. The van der Waals surface area contributed by atoms with E-state index in [1.165, 1.54) is 29.2 Å². The molecule has 10 heteroatoms. The number of aromatic nitrogens is 1. The summed E-state index contributed by atoms with van der Waals surface area (Å²) in [4.78, 5) is 31.7. The van der Waals surface area contributed by atoms with E-state index in [4.69, 9.17) is 30.5 Å². The fraction of sp³-hybridized carbons (Fsp3) is 0.219. The third-order valence-electron chi connectivity index (χ3n) is 6.52. The molecule has 0 saturated heterocycles. The number of nitrogens with zero attached hydrogens (tertiary/aromatic N) is 2. The van der Waals surface area contributed by atoms with Gasteiger partial charge in [-0.05, 0) is 61.4 Å². The highest BCUT2D eigenvalue weighted by Gasteiger charge is 2.31. The van der Waals surface area contributed by atoms with Gasteiger partial charge in [0.2, 0.25) is 0 Å². The van der Waals surface area contributed by atoms with Gasteiger partial charge in [-0.25, -0.2) is 9.79 Å². The van der Waals surface area contributed by atoms with E-state index in [0.29, 0.717) is 57.0 Å². The van der Waals surface area contributed by atoms with Crippen LogP contribution in [0.15, 0.2) is 88.3 Å². The molecule has 1 aromatic heterocycles. The number of fused-ring (bicyclic) bond motifs is 1. The van der Waals surface area contributed by atoms with Gasteiger partial charge in [-0.1, -0.05) is 59.3 Å². The Morgan fingerprint density at radius 2 is 1.71 bits per heavy atom. The van der Waals surface area contributed by atoms with Gasteiger partial charge in [0.05, 0.1) is 36.5 Å². The van der Waals surface area contributed by atoms with E-state index in [1.807, 2.05) is 68.4 Å². The van der Waals surface area contributed by atoms with Crippen molar-refractivity contribution in [2.75, 3.05) is 20.3 Å². The molecule has 0 bridgehead atoms. The standard InChI is InChI=1S/C32H29ClN2O6S/c1-4-39-26-15-12-22(16-27(26)40-5-2)29-24(31(37)38-3)18-34-32-35(29)30(36)28(42-32)17-21-8-6-7-9-25(21)41-19-20-10-13-23(33)14-11-20/h6-18,29H,4-5,19H2,1-3H3/b28-17+/t29-/m0/s1. The van der Waals surface area contributed by atoms with Crippen LogP contribution in [0.3, 0.4) is 0 Å². The van der Waals surface area contributed by atoms with Gasteiger partial charge in [-0.3, -0.25) is 9.36 Å². The maximum atomic E-state index is 14.0. The SMILES string of the molecule is CCOc1ccc([C@H]2C(C(=O)OC)=CN=c3s/c(=C/c4ccccc4OCc4ccc(Cl)cc4)c(=O)n32)cc1OCC. The third-order valence-corrected chi connectivity index (χ3v) is 7.77. The van der Waals surface area contributed by atoms with Crippen molar-refractivity contribution in [1.29, 1.82) is 0 Å². The Morgan fingerprint density at radius 1 is 0.976 bits per heavy atom. The van der Waals surface area contributed by atoms with Crippen molar-refractivity contribution in [3.05, 3.63) is 120 Å². The highest BCUT2D eigenvalue weighted by molar-refractivity contribution is 7.07. The normalized spacial score (nSPS) is 14.4. The molecule has 1 aliphatic heterocycles. The summed E-state index contributed by atoms with van der Waals surface area (Å²) in [6, 6.07) is 19.5. The zero-order valence-corrected chi connectivity index (χ0v) is 24.9. The molecular formula is C32H29ClN2O6S. The molecule has 0 fully saturated rings. The molecule has 0 amide bonds. The minimum atomic E-state index is -0.776. The fourth-order valence-corrected chi connectivity index (χ4v) is 5.69. The van der Waals surface area contributed by atoms with E-state index in [2.05, 4.69) is 4.99 Å². The second-order valence-corrected chi connectivity index (χ2v) is 10.6. The van der Waals surface area contributed by atoms with Crippen LogP contribution in [0.5, 0.6) is 17.2 Å². The number of thiazole rings is 1. The molecule has 3 aromatic carbocycles. The van der Waals surface area contributed by atoms with Gasteiger partial charge >= 0.3 is 5.97 Å². The van der Waals surface area contributed by atoms with Crippen molar-refractivity contribution in [3.63, 3.8) is 0 Å². The number of para-hydroxylation sites is 1. The molecule has 0 N–H and O–H groups in total. The van der Waals surface area contributed by atoms with Gasteiger partial charge < -0.3 is 18.9 Å². The zero-order chi connectivity index (χ0) is 29.6. The summed E-state index contributed by atoms with van der Waals surface area (Å²) in [5, 5.41) is 0.655. The number of hydrogen-bond donors (Lipinski definition) is 0. The van der Waals surface area contributed by atoms with Crippen molar-refractivity contribution in [1.82, 2.24) is 4.57 Å². The Hall–Kier alpha value is -4.34. The summed E-state index contributed by atoms with van der Waals surface area (Å²) in [7, 11) is 1.30. The average molecular weight is 605 g/mol. The number of benzene rings is 3. The fourth-order valence-electron chi connectivity index (χ4n) is 4.60. The topological polar surface area (TPSA) is 88.4 Å². The maximum absolute atomic E-state index is 14.0. The van der Waals surface area contributed by atoms with Gasteiger partial charge in [0.15, 0.2) is 16.3 Å². The Kier molecular flexibility index (Phi) is 9.09. The number of esters is 1. The first-order chi connectivity index (χ1) is 20.4. The smallest absolute Gasteiger partial charge is 0.337 e. The molecular weight excluding hydrogens is 576 g/mol. The van der Waals surface area contributed by atoms with Crippen LogP contribution in [-0.4, -0.2) is 30.9 Å². The highest BCUT2D eigenvalue weighted by atomic mass is 35.5. The summed E-state index contributed by atoms with van der Waals surface area (Å²) in [5.41, 5.74) is 2.30. The lowest BCUT2D eigenvalue weighted by Crippen LogP contribution is -2.39. The first-order valence-corrected chi connectivity index (χ1v) is 14.6. The van der Waals surface area contributed by atoms with Crippen LogP contribution < -0.4 is 29.1 Å². The second kappa shape index (κ2) is 13.1. The van der Waals surface area contributed by atoms with Crippen LogP contribution in [0, 0.1) is 0 Å². The molecule has 5 rings (SSSR count). The molecule has 0 radical (unpaired) electrons. The van der Waals surface area contributed by atoms with E-state index < -0.39 is 12.0 Å². The molecule has 0 unspecified atom stereocenters. The Morgan fingerprint density at radius 3 is 2.45 bits per heavy atom. The second-order valence-electron chi connectivity index (χ2n) is 9.20. The number of halogens is 1. The van der Waals surface area contributed by atoms with Crippen molar-refractivity contribution in [2.24, 2.45) is 4.99 Å². The van der Waals surface area contributed by atoms with Crippen LogP contribution in [0.25, 0.3) is 6.08 Å². The maximum Gasteiger partial charge on any atom is 0.337 e. The molecule has 2 heterocycles. The number of carbonyl (C=O) groups excluding carboxylic acids is 1. The molecule has 0 aliphatic carbocycles. The van der Waals surface area contributed by atoms with E-state index >= 15 is 0 Å². The number of rotatable bonds is 10. The third kappa shape index (κ3) is 6.12. The largest absolute Gasteiger partial charge is 0.490 e. The lowest BCUT2D eigenvalue weighted by molar-refractivity contribution is -0.136. The van der Waals surface area contributed by atoms with Crippen molar-refractivity contribution < 1.29 is 23.7 Å². The highest BCUT2D eigenvalue weighted by Crippen LogP contribution is 2.35. The van der Waals surface area contributed by atoms with Crippen LogP contribution in [0.2, 0.25) is 5.02 Å². The summed E-state index contributed by atoms with van der Waals surface area (Å²) in [5.74, 6) is 1.14. The molecule has 0 saturated carbocycles. The summed E-state index contributed by atoms with van der Waals surface area (Å²) in [6.07, 6.45) is 3.25. The molecule has 0 spiro atoms. The number of methoxy groups -OCH3 is 1. The van der Waals surface area contributed by atoms with E-state index in [9.17, 15) is 9.59 Å². The van der Waals surface area contributed by atoms with Crippen molar-refractivity contribution in [3.8, 4) is 17.2 Å². The molecule has 42 heavy (non-hydrogen) atoms. The van der Waals surface area contributed by atoms with Gasteiger partial charge in [-0.2, -0.15) is 0 Å².